The van der Waals surface area contributed by atoms with E-state index in [1.165, 1.54) is 12.0 Å². The zero-order valence-corrected chi connectivity index (χ0v) is 30.0. The van der Waals surface area contributed by atoms with Gasteiger partial charge in [-0.15, -0.1) is 5.10 Å². The Morgan fingerprint density at radius 2 is 1.72 bits per heavy atom. The van der Waals surface area contributed by atoms with Gasteiger partial charge in [0.15, 0.2) is 0 Å². The average molecular weight is 730 g/mol. The van der Waals surface area contributed by atoms with Crippen LogP contribution in [0.3, 0.4) is 0 Å². The molecule has 0 radical (unpaired) electrons. The molecule has 15 heteroatoms. The van der Waals surface area contributed by atoms with Crippen molar-refractivity contribution in [1.82, 2.24) is 35.8 Å². The molecule has 4 aliphatic rings. The number of aromatic nitrogens is 3. The summed E-state index contributed by atoms with van der Waals surface area (Å²) in [5.74, 6) is -1.30. The van der Waals surface area contributed by atoms with E-state index in [0.29, 0.717) is 56.2 Å². The minimum Gasteiger partial charge on any atom is -0.492 e. The summed E-state index contributed by atoms with van der Waals surface area (Å²) in [6.07, 6.45) is 8.54. The lowest BCUT2D eigenvalue weighted by Crippen LogP contribution is -2.55. The first-order chi connectivity index (χ1) is 25.8. The van der Waals surface area contributed by atoms with Gasteiger partial charge in [0.25, 0.3) is 5.91 Å². The predicted octanol–water partition coefficient (Wildman–Crippen LogP) is 2.33. The monoisotopic (exact) mass is 729 g/mol. The molecule has 53 heavy (non-hydrogen) atoms. The molecule has 2 fully saturated rings. The number of fused-ring (bicyclic) bond motifs is 14. The summed E-state index contributed by atoms with van der Waals surface area (Å²) in [4.78, 5) is 68.8. The fourth-order valence-electron chi connectivity index (χ4n) is 7.24. The number of ether oxygens (including phenoxy) is 3. The van der Waals surface area contributed by atoms with Gasteiger partial charge < -0.3 is 35.1 Å². The van der Waals surface area contributed by atoms with E-state index in [0.717, 1.165) is 37.7 Å². The number of carbonyl (C=O) groups excluding carboxylic acids is 5. The molecule has 1 saturated heterocycles. The molecule has 4 heterocycles. The summed E-state index contributed by atoms with van der Waals surface area (Å²) in [5.41, 5.74) is 1.58. The highest BCUT2D eigenvalue weighted by molar-refractivity contribution is 6.00. The van der Waals surface area contributed by atoms with Crippen LogP contribution in [0.4, 0.5) is 0 Å². The third kappa shape index (κ3) is 9.90. The second-order valence-electron chi connectivity index (χ2n) is 13.8. The Bertz CT molecular complexity index is 1760. The molecule has 3 aromatic rings. The van der Waals surface area contributed by atoms with E-state index in [-0.39, 0.29) is 30.4 Å². The molecule has 2 aromatic carbocycles. The molecule has 4 amide bonds. The summed E-state index contributed by atoms with van der Waals surface area (Å²) in [7, 11) is 1.24. The third-order valence-electron chi connectivity index (χ3n) is 10.0. The predicted molar refractivity (Wildman–Crippen MR) is 191 cm³/mol. The number of para-hydroxylation sites is 1. The van der Waals surface area contributed by atoms with Crippen LogP contribution in [0, 0.1) is 5.92 Å². The van der Waals surface area contributed by atoms with Gasteiger partial charge in [0.2, 0.25) is 17.7 Å². The lowest BCUT2D eigenvalue weighted by molar-refractivity contribution is -0.145. The number of nitrogens with zero attached hydrogens (tertiary/aromatic N) is 4. The van der Waals surface area contributed by atoms with Crippen LogP contribution in [0.25, 0.3) is 0 Å². The number of hydrogen-bond donors (Lipinski definition) is 3. The minimum atomic E-state index is -0.997. The highest BCUT2D eigenvalue weighted by atomic mass is 16.5. The molecule has 282 valence electrons. The van der Waals surface area contributed by atoms with Gasteiger partial charge in [0.1, 0.15) is 48.5 Å². The van der Waals surface area contributed by atoms with Crippen molar-refractivity contribution in [1.29, 1.82) is 0 Å². The molecule has 7 rings (SSSR count). The number of rotatable bonds is 3. The summed E-state index contributed by atoms with van der Waals surface area (Å²) in [6.45, 7) is 0.719. The van der Waals surface area contributed by atoms with Gasteiger partial charge in [-0.25, -0.2) is 9.48 Å². The molecule has 3 unspecified atom stereocenters. The van der Waals surface area contributed by atoms with Crippen molar-refractivity contribution >= 4 is 29.6 Å². The Labute approximate surface area is 308 Å². The van der Waals surface area contributed by atoms with E-state index in [1.807, 2.05) is 0 Å². The first kappa shape index (κ1) is 37.3. The van der Waals surface area contributed by atoms with Crippen molar-refractivity contribution in [2.75, 3.05) is 26.8 Å². The molecule has 1 aromatic heterocycles. The summed E-state index contributed by atoms with van der Waals surface area (Å²) in [6, 6.07) is 11.3. The lowest BCUT2D eigenvalue weighted by Gasteiger charge is -2.31. The van der Waals surface area contributed by atoms with E-state index in [4.69, 9.17) is 14.2 Å². The highest BCUT2D eigenvalue weighted by Crippen LogP contribution is 2.29. The largest absolute Gasteiger partial charge is 0.492 e. The maximum atomic E-state index is 14.3. The minimum absolute atomic E-state index is 0.0611. The summed E-state index contributed by atoms with van der Waals surface area (Å²) >= 11 is 0. The van der Waals surface area contributed by atoms with Gasteiger partial charge in [-0.2, -0.15) is 0 Å². The normalized spacial score (nSPS) is 22.6. The van der Waals surface area contributed by atoms with Crippen molar-refractivity contribution in [3.8, 4) is 11.5 Å². The van der Waals surface area contributed by atoms with E-state index in [9.17, 15) is 24.0 Å². The third-order valence-corrected chi connectivity index (χ3v) is 10.0. The molecular weight excluding hydrogens is 682 g/mol. The number of methoxy groups -OCH3 is 1. The number of nitrogens with one attached hydrogen (secondary N) is 3. The molecule has 3 atom stereocenters. The molecule has 1 aliphatic carbocycles. The number of hydrogen-bond acceptors (Lipinski definition) is 10. The molecule has 0 spiro atoms. The average Bonchev–Trinajstić information content (AvgIpc) is 3.86. The fourth-order valence-corrected chi connectivity index (χ4v) is 7.24. The van der Waals surface area contributed by atoms with Crippen molar-refractivity contribution in [3.05, 3.63) is 71.5 Å². The number of amides is 4. The SMILES string of the molecule is COC(=O)C1Cc2ccc(cc2)OCCn2cc(nn2)COc2ccccc2C(=O)NC(CC2CCCCC2)C(=O)N2CCCC2C(=O)NCC(=O)N1. The van der Waals surface area contributed by atoms with E-state index in [2.05, 4.69) is 26.3 Å². The number of benzene rings is 2. The van der Waals surface area contributed by atoms with Crippen molar-refractivity contribution < 1.29 is 38.2 Å². The number of esters is 1. The Balaban J connectivity index is 1.24. The zero-order valence-electron chi connectivity index (χ0n) is 30.0. The Morgan fingerprint density at radius 1 is 0.925 bits per heavy atom. The molecule has 15 nitrogen and oxygen atoms in total. The lowest BCUT2D eigenvalue weighted by atomic mass is 9.84. The van der Waals surface area contributed by atoms with Crippen LogP contribution in [0.1, 0.15) is 73.0 Å². The van der Waals surface area contributed by atoms with Crippen molar-refractivity contribution in [2.24, 2.45) is 5.92 Å². The number of carbonyl (C=O) groups is 5. The maximum absolute atomic E-state index is 14.3. The van der Waals surface area contributed by atoms with E-state index >= 15 is 0 Å². The maximum Gasteiger partial charge on any atom is 0.328 e. The first-order valence-electron chi connectivity index (χ1n) is 18.4. The molecular formula is C38H47N7O8. The smallest absolute Gasteiger partial charge is 0.328 e. The van der Waals surface area contributed by atoms with Crippen LogP contribution in [0.2, 0.25) is 0 Å². The highest BCUT2D eigenvalue weighted by Gasteiger charge is 2.39. The van der Waals surface area contributed by atoms with Gasteiger partial charge in [-0.1, -0.05) is 61.6 Å². The van der Waals surface area contributed by atoms with Crippen LogP contribution >= 0.6 is 0 Å². The summed E-state index contributed by atoms with van der Waals surface area (Å²) in [5, 5.41) is 16.7. The first-order valence-corrected chi connectivity index (χ1v) is 18.4. The van der Waals surface area contributed by atoms with Crippen LogP contribution in [0.15, 0.2) is 54.7 Å². The molecule has 3 aliphatic heterocycles. The van der Waals surface area contributed by atoms with Gasteiger partial charge in [0, 0.05) is 13.0 Å². The van der Waals surface area contributed by atoms with Crippen LogP contribution in [-0.4, -0.2) is 94.4 Å². The quantitative estimate of drug-likeness (QED) is 0.339. The molecule has 4 bridgehead atoms. The topological polar surface area (TPSA) is 183 Å². The van der Waals surface area contributed by atoms with Crippen LogP contribution in [-0.2, 0) is 43.5 Å². The van der Waals surface area contributed by atoms with Crippen LogP contribution < -0.4 is 25.4 Å². The van der Waals surface area contributed by atoms with Gasteiger partial charge in [0.05, 0.1) is 32.0 Å². The van der Waals surface area contributed by atoms with Gasteiger partial charge in [-0.05, 0) is 55.0 Å². The van der Waals surface area contributed by atoms with Crippen molar-refractivity contribution in [3.63, 3.8) is 0 Å². The van der Waals surface area contributed by atoms with Gasteiger partial charge in [-0.3, -0.25) is 19.2 Å². The summed E-state index contributed by atoms with van der Waals surface area (Å²) < 4.78 is 18.5. The Hall–Kier alpha value is -5.47. The second kappa shape index (κ2) is 17.8. The fraction of sp³-hybridized carbons (Fsp3) is 0.500. The van der Waals surface area contributed by atoms with Gasteiger partial charge >= 0.3 is 5.97 Å². The molecule has 1 saturated carbocycles. The zero-order chi connectivity index (χ0) is 37.2. The standard InChI is InChI=1S/C38H47N7O8/c1-51-38(50)31-21-26-13-15-28(16-14-26)52-19-18-44-23-27(42-43-44)24-53-33-12-6-5-10-29(33)35(47)41-30(20-25-8-3-2-4-9-25)37(49)45-17-7-11-32(45)36(48)39-22-34(46)40-31/h5-6,10,12-16,23,25,30-32H,2-4,7-9,11,17-22,24H2,1H3,(H,39,48)(H,40,46)(H,41,47). The Kier molecular flexibility index (Phi) is 12.6. The molecule has 3 N–H and O–H groups in total. The van der Waals surface area contributed by atoms with Crippen molar-refractivity contribution in [2.45, 2.75) is 89.1 Å². The van der Waals surface area contributed by atoms with E-state index < -0.39 is 48.4 Å². The van der Waals surface area contributed by atoms with E-state index in [1.54, 1.807) is 59.4 Å². The second-order valence-corrected chi connectivity index (χ2v) is 13.8. The van der Waals surface area contributed by atoms with Crippen LogP contribution in [0.5, 0.6) is 11.5 Å². The Morgan fingerprint density at radius 3 is 2.51 bits per heavy atom.